The van der Waals surface area contributed by atoms with Crippen molar-refractivity contribution in [3.63, 3.8) is 0 Å². The van der Waals surface area contributed by atoms with Crippen molar-refractivity contribution in [2.45, 2.75) is 44.9 Å². The molecule has 0 fully saturated rings. The third kappa shape index (κ3) is 4.55. The van der Waals surface area contributed by atoms with Crippen molar-refractivity contribution in [3.8, 4) is 0 Å². The standard InChI is InChI=1S/C22H22N4OS3/c1-12-7-5-6-8-17(12)26-18(27)9-19-25-16(10-28-19)11-29-21-20-13(2)14(3)30-22(20)24-15(4)23-21/h5-8,10H,9,11H2,1-4H3,(H,26,27). The number of rotatable bonds is 6. The van der Waals surface area contributed by atoms with Crippen molar-refractivity contribution in [2.75, 3.05) is 5.32 Å². The molecule has 4 rings (SSSR count). The number of carbonyl (C=O) groups is 1. The van der Waals surface area contributed by atoms with Crippen molar-refractivity contribution < 1.29 is 4.79 Å². The van der Waals surface area contributed by atoms with Crippen LogP contribution in [0.25, 0.3) is 10.2 Å². The number of aromatic nitrogens is 3. The number of thiazole rings is 1. The summed E-state index contributed by atoms with van der Waals surface area (Å²) in [5.74, 6) is 1.46. The van der Waals surface area contributed by atoms with Crippen LogP contribution in [0.3, 0.4) is 0 Å². The molecule has 0 atom stereocenters. The third-order valence-electron chi connectivity index (χ3n) is 4.79. The lowest BCUT2D eigenvalue weighted by Gasteiger charge is -2.06. The highest BCUT2D eigenvalue weighted by Crippen LogP contribution is 2.36. The molecule has 1 aromatic carbocycles. The van der Waals surface area contributed by atoms with Gasteiger partial charge in [-0.1, -0.05) is 30.0 Å². The lowest BCUT2D eigenvalue weighted by molar-refractivity contribution is -0.115. The quantitative estimate of drug-likeness (QED) is 0.292. The SMILES string of the molecule is Cc1nc(SCc2csc(CC(=O)Nc3ccccc3C)n2)c2c(C)c(C)sc2n1. The van der Waals surface area contributed by atoms with E-state index in [4.69, 9.17) is 0 Å². The molecule has 0 aliphatic rings. The number of fused-ring (bicyclic) bond motifs is 1. The number of nitrogens with one attached hydrogen (secondary N) is 1. The number of benzene rings is 1. The average molecular weight is 455 g/mol. The molecule has 3 aromatic heterocycles. The molecule has 0 unspecified atom stereocenters. The van der Waals surface area contributed by atoms with E-state index in [1.54, 1.807) is 23.1 Å². The Balaban J connectivity index is 1.42. The van der Waals surface area contributed by atoms with Crippen LogP contribution in [-0.2, 0) is 17.0 Å². The second-order valence-corrected chi connectivity index (χ2v) is 10.2. The van der Waals surface area contributed by atoms with Crippen LogP contribution in [-0.4, -0.2) is 20.9 Å². The molecule has 0 spiro atoms. The number of carbonyl (C=O) groups excluding carboxylic acids is 1. The molecule has 0 radical (unpaired) electrons. The average Bonchev–Trinajstić information content (AvgIpc) is 3.25. The first-order valence-corrected chi connectivity index (χ1v) is 12.2. The van der Waals surface area contributed by atoms with Gasteiger partial charge in [-0.15, -0.1) is 22.7 Å². The summed E-state index contributed by atoms with van der Waals surface area (Å²) in [6.45, 7) is 8.17. The van der Waals surface area contributed by atoms with Gasteiger partial charge in [0.2, 0.25) is 5.91 Å². The number of thioether (sulfide) groups is 1. The van der Waals surface area contributed by atoms with E-state index in [-0.39, 0.29) is 12.3 Å². The van der Waals surface area contributed by atoms with E-state index in [2.05, 4.69) is 34.1 Å². The molecule has 0 bridgehead atoms. The second-order valence-electron chi connectivity index (χ2n) is 7.10. The highest BCUT2D eigenvalue weighted by atomic mass is 32.2. The van der Waals surface area contributed by atoms with Gasteiger partial charge in [0, 0.05) is 27.1 Å². The molecule has 0 aliphatic heterocycles. The van der Waals surface area contributed by atoms with E-state index >= 15 is 0 Å². The van der Waals surface area contributed by atoms with Crippen LogP contribution in [0, 0.1) is 27.7 Å². The molecule has 8 heteroatoms. The summed E-state index contributed by atoms with van der Waals surface area (Å²) in [6.07, 6.45) is 0.281. The zero-order valence-electron chi connectivity index (χ0n) is 17.3. The summed E-state index contributed by atoms with van der Waals surface area (Å²) < 4.78 is 0. The van der Waals surface area contributed by atoms with Gasteiger partial charge in [-0.05, 0) is 44.9 Å². The smallest absolute Gasteiger partial charge is 0.231 e. The molecule has 1 amide bonds. The Hall–Kier alpha value is -2.29. The summed E-state index contributed by atoms with van der Waals surface area (Å²) in [6, 6.07) is 7.78. The fourth-order valence-electron chi connectivity index (χ4n) is 3.10. The minimum atomic E-state index is -0.0460. The van der Waals surface area contributed by atoms with E-state index in [0.717, 1.165) is 48.8 Å². The van der Waals surface area contributed by atoms with Crippen molar-refractivity contribution in [1.29, 1.82) is 0 Å². The summed E-state index contributed by atoms with van der Waals surface area (Å²) >= 11 is 4.93. The van der Waals surface area contributed by atoms with Crippen LogP contribution in [0.4, 0.5) is 5.69 Å². The van der Waals surface area contributed by atoms with Gasteiger partial charge in [-0.3, -0.25) is 4.79 Å². The van der Waals surface area contributed by atoms with Crippen molar-refractivity contribution >= 4 is 56.2 Å². The minimum absolute atomic E-state index is 0.0460. The number of amides is 1. The monoisotopic (exact) mass is 454 g/mol. The van der Waals surface area contributed by atoms with Gasteiger partial charge in [0.1, 0.15) is 20.7 Å². The number of anilines is 1. The van der Waals surface area contributed by atoms with Crippen LogP contribution < -0.4 is 5.32 Å². The van der Waals surface area contributed by atoms with Gasteiger partial charge in [0.15, 0.2) is 0 Å². The van der Waals surface area contributed by atoms with Gasteiger partial charge in [-0.2, -0.15) is 0 Å². The Labute approximate surface area is 188 Å². The Kier molecular flexibility index (Phi) is 6.17. The number of hydrogen-bond acceptors (Lipinski definition) is 7. The second kappa shape index (κ2) is 8.83. The Morgan fingerprint density at radius 3 is 2.70 bits per heavy atom. The third-order valence-corrected chi connectivity index (χ3v) is 7.80. The number of hydrogen-bond donors (Lipinski definition) is 1. The molecule has 154 valence electrons. The molecule has 5 nitrogen and oxygen atoms in total. The Bertz CT molecular complexity index is 1230. The first-order chi connectivity index (χ1) is 14.4. The van der Waals surface area contributed by atoms with Crippen LogP contribution in [0.2, 0.25) is 0 Å². The molecular weight excluding hydrogens is 432 g/mol. The normalized spacial score (nSPS) is 11.2. The topological polar surface area (TPSA) is 67.8 Å². The fraction of sp³-hybridized carbons (Fsp3) is 0.273. The Morgan fingerprint density at radius 1 is 1.10 bits per heavy atom. The van der Waals surface area contributed by atoms with Crippen LogP contribution in [0.5, 0.6) is 0 Å². The summed E-state index contributed by atoms with van der Waals surface area (Å²) in [5, 5.41) is 7.98. The minimum Gasteiger partial charge on any atom is -0.325 e. The largest absolute Gasteiger partial charge is 0.325 e. The molecule has 0 saturated heterocycles. The zero-order valence-corrected chi connectivity index (χ0v) is 19.7. The zero-order chi connectivity index (χ0) is 21.3. The number of nitrogens with zero attached hydrogens (tertiary/aromatic N) is 3. The predicted molar refractivity (Wildman–Crippen MR) is 127 cm³/mol. The number of aryl methyl sites for hydroxylation is 4. The van der Waals surface area contributed by atoms with Gasteiger partial charge in [0.25, 0.3) is 0 Å². The van der Waals surface area contributed by atoms with Crippen LogP contribution in [0.15, 0.2) is 34.7 Å². The summed E-state index contributed by atoms with van der Waals surface area (Å²) in [4.78, 5) is 28.6. The first-order valence-electron chi connectivity index (χ1n) is 9.56. The molecule has 1 N–H and O–H groups in total. The van der Waals surface area contributed by atoms with E-state index in [1.165, 1.54) is 21.8 Å². The van der Waals surface area contributed by atoms with Crippen molar-refractivity contribution in [2.24, 2.45) is 0 Å². The molecule has 0 saturated carbocycles. The summed E-state index contributed by atoms with van der Waals surface area (Å²) in [5.41, 5.74) is 4.12. The van der Waals surface area contributed by atoms with Gasteiger partial charge in [-0.25, -0.2) is 15.0 Å². The lowest BCUT2D eigenvalue weighted by Crippen LogP contribution is -2.15. The number of para-hydroxylation sites is 1. The molecule has 4 aromatic rings. The maximum atomic E-state index is 12.4. The molecule has 30 heavy (non-hydrogen) atoms. The molecule has 0 aliphatic carbocycles. The van der Waals surface area contributed by atoms with E-state index < -0.39 is 0 Å². The van der Waals surface area contributed by atoms with E-state index in [1.807, 2.05) is 43.5 Å². The van der Waals surface area contributed by atoms with Gasteiger partial charge in [0.05, 0.1) is 12.1 Å². The molecule has 3 heterocycles. The summed E-state index contributed by atoms with van der Waals surface area (Å²) in [7, 11) is 0. The maximum absolute atomic E-state index is 12.4. The highest BCUT2D eigenvalue weighted by molar-refractivity contribution is 7.98. The van der Waals surface area contributed by atoms with E-state index in [9.17, 15) is 4.79 Å². The van der Waals surface area contributed by atoms with Gasteiger partial charge < -0.3 is 5.32 Å². The maximum Gasteiger partial charge on any atom is 0.231 e. The molecular formula is C22H22N4OS3. The fourth-order valence-corrected chi connectivity index (χ4v) is 6.16. The van der Waals surface area contributed by atoms with Crippen LogP contribution >= 0.6 is 34.4 Å². The van der Waals surface area contributed by atoms with E-state index in [0.29, 0.717) is 0 Å². The first kappa shape index (κ1) is 21.0. The lowest BCUT2D eigenvalue weighted by atomic mass is 10.2. The van der Waals surface area contributed by atoms with Crippen molar-refractivity contribution in [1.82, 2.24) is 15.0 Å². The predicted octanol–water partition coefficient (Wildman–Crippen LogP) is 5.85. The van der Waals surface area contributed by atoms with Crippen molar-refractivity contribution in [3.05, 3.63) is 62.2 Å². The highest BCUT2D eigenvalue weighted by Gasteiger charge is 2.15. The Morgan fingerprint density at radius 2 is 1.90 bits per heavy atom. The van der Waals surface area contributed by atoms with Crippen LogP contribution in [0.1, 0.15) is 32.5 Å². The number of thiophene rings is 1. The van der Waals surface area contributed by atoms with Gasteiger partial charge >= 0.3 is 0 Å².